The summed E-state index contributed by atoms with van der Waals surface area (Å²) in [7, 11) is -0.00521. The van der Waals surface area contributed by atoms with Crippen molar-refractivity contribution in [3.63, 3.8) is 0 Å². The van der Waals surface area contributed by atoms with E-state index < -0.39 is 0 Å². The molecule has 0 bridgehead atoms. The van der Waals surface area contributed by atoms with Crippen LogP contribution in [0.25, 0.3) is 0 Å². The van der Waals surface area contributed by atoms with Crippen LogP contribution in [0.15, 0.2) is 0 Å². The molecule has 0 radical (unpaired) electrons. The summed E-state index contributed by atoms with van der Waals surface area (Å²) in [6.45, 7) is 8.38. The molecule has 2 nitrogen and oxygen atoms in total. The molecule has 1 aliphatic carbocycles. The zero-order valence-electron chi connectivity index (χ0n) is 8.63. The van der Waals surface area contributed by atoms with Crippen molar-refractivity contribution in [1.29, 1.82) is 0 Å². The molecule has 1 saturated carbocycles. The van der Waals surface area contributed by atoms with Gasteiger partial charge in [0.2, 0.25) is 0 Å². The molecule has 1 aliphatic heterocycles. The van der Waals surface area contributed by atoms with Gasteiger partial charge in [0, 0.05) is 10.6 Å². The molecule has 1 saturated heterocycles. The van der Waals surface area contributed by atoms with Gasteiger partial charge < -0.3 is 9.31 Å². The van der Waals surface area contributed by atoms with E-state index in [0.717, 1.165) is 0 Å². The maximum absolute atomic E-state index is 5.91. The van der Waals surface area contributed by atoms with Gasteiger partial charge in [0.1, 0.15) is 0 Å². The molecule has 0 aromatic rings. The molecule has 0 N–H and O–H groups in total. The van der Waals surface area contributed by atoms with Crippen molar-refractivity contribution in [3.8, 4) is 0 Å². The van der Waals surface area contributed by atoms with Gasteiger partial charge in [-0.1, -0.05) is 15.9 Å². The van der Waals surface area contributed by atoms with Crippen LogP contribution in [0, 0.1) is 0 Å². The number of halogens is 1. The number of rotatable bonds is 1. The van der Waals surface area contributed by atoms with Crippen molar-refractivity contribution in [2.45, 2.75) is 56.0 Å². The molecule has 13 heavy (non-hydrogen) atoms. The molecule has 4 heteroatoms. The van der Waals surface area contributed by atoms with Crippen molar-refractivity contribution < 1.29 is 9.31 Å². The topological polar surface area (TPSA) is 18.5 Å². The summed E-state index contributed by atoms with van der Waals surface area (Å²) in [6, 6.07) is 0. The highest BCUT2D eigenvalue weighted by Crippen LogP contribution is 2.52. The van der Waals surface area contributed by atoms with E-state index in [2.05, 4.69) is 43.6 Å². The smallest absolute Gasteiger partial charge is 0.403 e. The monoisotopic (exact) mass is 246 g/mol. The van der Waals surface area contributed by atoms with E-state index in [4.69, 9.17) is 9.31 Å². The number of hydrogen-bond donors (Lipinski definition) is 0. The molecule has 2 fully saturated rings. The van der Waals surface area contributed by atoms with Gasteiger partial charge in [-0.2, -0.15) is 0 Å². The lowest BCUT2D eigenvalue weighted by atomic mass is 9.82. The fourth-order valence-electron chi connectivity index (χ4n) is 1.53. The predicted molar refractivity (Wildman–Crippen MR) is 57.2 cm³/mol. The Bertz CT molecular complexity index is 214. The Morgan fingerprint density at radius 3 is 1.85 bits per heavy atom. The highest BCUT2D eigenvalue weighted by Gasteiger charge is 2.59. The minimum atomic E-state index is -0.174. The summed E-state index contributed by atoms with van der Waals surface area (Å²) in [4.78, 5) is 0.599. The van der Waals surface area contributed by atoms with E-state index in [0.29, 0.717) is 10.6 Å². The average Bonchev–Trinajstić information content (AvgIpc) is 2.58. The molecular formula is C9H16BBrO2. The quantitative estimate of drug-likeness (QED) is 0.523. The summed E-state index contributed by atoms with van der Waals surface area (Å²) in [5.74, 6) is 0.557. The Labute approximate surface area is 88.6 Å². The fraction of sp³-hybridized carbons (Fsp3) is 1.00. The first kappa shape index (κ1) is 10.00. The fourth-order valence-corrected chi connectivity index (χ4v) is 2.21. The first-order valence-corrected chi connectivity index (χ1v) is 5.75. The maximum Gasteiger partial charge on any atom is 0.462 e. The summed E-state index contributed by atoms with van der Waals surface area (Å²) in [6.07, 6.45) is 1.18. The molecule has 0 amide bonds. The average molecular weight is 247 g/mol. The minimum Gasteiger partial charge on any atom is -0.403 e. The van der Waals surface area contributed by atoms with Crippen LogP contribution < -0.4 is 0 Å². The van der Waals surface area contributed by atoms with Gasteiger partial charge in [-0.15, -0.1) is 0 Å². The van der Waals surface area contributed by atoms with Crippen molar-refractivity contribution in [3.05, 3.63) is 0 Å². The molecule has 2 rings (SSSR count). The maximum atomic E-state index is 5.91. The van der Waals surface area contributed by atoms with Gasteiger partial charge >= 0.3 is 7.12 Å². The molecule has 2 aliphatic rings. The summed E-state index contributed by atoms with van der Waals surface area (Å²) < 4.78 is 11.8. The second kappa shape index (κ2) is 2.74. The molecule has 0 unspecified atom stereocenters. The van der Waals surface area contributed by atoms with Gasteiger partial charge in [-0.05, 0) is 34.1 Å². The number of hydrogen-bond acceptors (Lipinski definition) is 2. The minimum absolute atomic E-state index is 0.00521. The molecule has 1 heterocycles. The van der Waals surface area contributed by atoms with Crippen molar-refractivity contribution >= 4 is 23.0 Å². The van der Waals surface area contributed by atoms with Crippen LogP contribution in [0.1, 0.15) is 34.1 Å². The van der Waals surface area contributed by atoms with Crippen molar-refractivity contribution in [2.75, 3.05) is 0 Å². The SMILES string of the molecule is CC1(C)OB([C@H]2C[C@@H]2Br)OC1(C)C. The lowest BCUT2D eigenvalue weighted by Gasteiger charge is -2.32. The van der Waals surface area contributed by atoms with Gasteiger partial charge in [0.05, 0.1) is 11.2 Å². The van der Waals surface area contributed by atoms with Crippen LogP contribution >= 0.6 is 15.9 Å². The lowest BCUT2D eigenvalue weighted by Crippen LogP contribution is -2.41. The third-order valence-corrected chi connectivity index (χ3v) is 4.43. The van der Waals surface area contributed by atoms with Crippen LogP contribution in [0.3, 0.4) is 0 Å². The Balaban J connectivity index is 2.07. The zero-order chi connectivity index (χ0) is 9.85. The Hall–Kier alpha value is 0.465. The molecular weight excluding hydrogens is 231 g/mol. The standard InChI is InChI=1S/C9H16BBrO2/c1-8(2)9(3,4)13-10(12-8)6-5-7(6)11/h6-7H,5H2,1-4H3/t6-,7-/m0/s1. The molecule has 2 atom stereocenters. The first-order valence-electron chi connectivity index (χ1n) is 4.83. The first-order chi connectivity index (χ1) is 5.83. The molecule has 74 valence electrons. The molecule has 0 spiro atoms. The van der Waals surface area contributed by atoms with Crippen molar-refractivity contribution in [2.24, 2.45) is 0 Å². The van der Waals surface area contributed by atoms with E-state index in [1.54, 1.807) is 0 Å². The van der Waals surface area contributed by atoms with Gasteiger partial charge in [-0.3, -0.25) is 0 Å². The van der Waals surface area contributed by atoms with E-state index >= 15 is 0 Å². The van der Waals surface area contributed by atoms with Crippen LogP contribution in [0.5, 0.6) is 0 Å². The van der Waals surface area contributed by atoms with E-state index in [1.165, 1.54) is 6.42 Å². The normalized spacial score (nSPS) is 40.8. The second-order valence-corrected chi connectivity index (χ2v) is 6.22. The molecule has 0 aromatic heterocycles. The second-order valence-electron chi connectivity index (χ2n) is 5.04. The lowest BCUT2D eigenvalue weighted by molar-refractivity contribution is 0.00578. The largest absolute Gasteiger partial charge is 0.462 e. The number of alkyl halides is 1. The molecule has 0 aromatic carbocycles. The third kappa shape index (κ3) is 1.57. The van der Waals surface area contributed by atoms with E-state index in [-0.39, 0.29) is 18.3 Å². The zero-order valence-corrected chi connectivity index (χ0v) is 10.2. The van der Waals surface area contributed by atoms with Gasteiger partial charge in [0.25, 0.3) is 0 Å². The van der Waals surface area contributed by atoms with Crippen LogP contribution in [0.4, 0.5) is 0 Å². The Morgan fingerprint density at radius 1 is 1.15 bits per heavy atom. The summed E-state index contributed by atoms with van der Waals surface area (Å²) in [5, 5.41) is 0. The summed E-state index contributed by atoms with van der Waals surface area (Å²) >= 11 is 3.57. The van der Waals surface area contributed by atoms with Crippen molar-refractivity contribution in [1.82, 2.24) is 0 Å². The summed E-state index contributed by atoms with van der Waals surface area (Å²) in [5.41, 5.74) is -0.347. The van der Waals surface area contributed by atoms with Gasteiger partial charge in [0.15, 0.2) is 0 Å². The highest BCUT2D eigenvalue weighted by atomic mass is 79.9. The third-order valence-electron chi connectivity index (χ3n) is 3.38. The Kier molecular flexibility index (Phi) is 2.11. The highest BCUT2D eigenvalue weighted by molar-refractivity contribution is 9.09. The van der Waals surface area contributed by atoms with E-state index in [1.807, 2.05) is 0 Å². The van der Waals surface area contributed by atoms with E-state index in [9.17, 15) is 0 Å². The predicted octanol–water partition coefficient (Wildman–Crippen LogP) is 2.62. The van der Waals surface area contributed by atoms with Crippen LogP contribution in [0.2, 0.25) is 5.82 Å². The van der Waals surface area contributed by atoms with Crippen LogP contribution in [-0.4, -0.2) is 23.1 Å². The Morgan fingerprint density at radius 2 is 1.54 bits per heavy atom. The van der Waals surface area contributed by atoms with Crippen LogP contribution in [-0.2, 0) is 9.31 Å². The van der Waals surface area contributed by atoms with Gasteiger partial charge in [-0.25, -0.2) is 0 Å².